The van der Waals surface area contributed by atoms with Gasteiger partial charge in [0.05, 0.1) is 23.2 Å². The summed E-state index contributed by atoms with van der Waals surface area (Å²) in [6, 6.07) is 7.87. The number of anilines is 2. The molecule has 3 amide bonds. The number of amides is 3. The molecule has 1 fully saturated rings. The van der Waals surface area contributed by atoms with E-state index in [0.717, 1.165) is 12.3 Å². The van der Waals surface area contributed by atoms with E-state index >= 15 is 0 Å². The molecule has 0 aliphatic carbocycles. The maximum absolute atomic E-state index is 12.7. The number of alkyl halides is 3. The minimum atomic E-state index is -4.45. The van der Waals surface area contributed by atoms with Crippen LogP contribution in [0.1, 0.15) is 22.3 Å². The molecule has 0 bridgehead atoms. The number of carbonyl (C=O) groups excluding carboxylic acids is 3. The lowest BCUT2D eigenvalue weighted by Gasteiger charge is -2.36. The third-order valence-electron chi connectivity index (χ3n) is 5.46. The van der Waals surface area contributed by atoms with E-state index in [2.05, 4.69) is 15.6 Å². The van der Waals surface area contributed by atoms with E-state index in [-0.39, 0.29) is 12.3 Å². The Bertz CT molecular complexity index is 1030. The molecule has 0 spiro atoms. The summed E-state index contributed by atoms with van der Waals surface area (Å²) >= 11 is 0. The second kappa shape index (κ2) is 8.48. The molecule has 32 heavy (non-hydrogen) atoms. The van der Waals surface area contributed by atoms with Crippen LogP contribution in [0.3, 0.4) is 0 Å². The second-order valence-corrected chi connectivity index (χ2v) is 7.54. The molecule has 4 rings (SSSR count). The largest absolute Gasteiger partial charge is 0.417 e. The summed E-state index contributed by atoms with van der Waals surface area (Å²) in [5.74, 6) is -0.797. The molecule has 0 unspecified atom stereocenters. The van der Waals surface area contributed by atoms with E-state index in [1.165, 1.54) is 6.07 Å². The van der Waals surface area contributed by atoms with Gasteiger partial charge in [-0.25, -0.2) is 4.98 Å². The number of hydrogen-bond donors (Lipinski definition) is 2. The summed E-state index contributed by atoms with van der Waals surface area (Å²) in [4.78, 5) is 44.9. The van der Waals surface area contributed by atoms with Gasteiger partial charge in [0.25, 0.3) is 5.91 Å². The van der Waals surface area contributed by atoms with Crippen molar-refractivity contribution < 1.29 is 27.6 Å². The Morgan fingerprint density at radius 3 is 2.44 bits per heavy atom. The fraction of sp³-hybridized carbons (Fsp3) is 0.333. The Labute approximate surface area is 181 Å². The lowest BCUT2D eigenvalue weighted by molar-refractivity contribution is -0.138. The van der Waals surface area contributed by atoms with Gasteiger partial charge in [-0.2, -0.15) is 13.2 Å². The highest BCUT2D eigenvalue weighted by Gasteiger charge is 2.33. The summed E-state index contributed by atoms with van der Waals surface area (Å²) in [6.07, 6.45) is -3.85. The first-order valence-corrected chi connectivity index (χ1v) is 9.99. The number of hydrogen-bond acceptors (Lipinski definition) is 5. The van der Waals surface area contributed by atoms with Crippen LogP contribution in [0, 0.1) is 0 Å². The number of nitrogens with one attached hydrogen (secondary N) is 2. The van der Waals surface area contributed by atoms with Crippen molar-refractivity contribution in [1.82, 2.24) is 15.2 Å². The van der Waals surface area contributed by atoms with Gasteiger partial charge in [-0.1, -0.05) is 12.1 Å². The topological polar surface area (TPSA) is 94.6 Å². The summed E-state index contributed by atoms with van der Waals surface area (Å²) in [5.41, 5.74) is -0.100. The van der Waals surface area contributed by atoms with Crippen molar-refractivity contribution in [2.24, 2.45) is 0 Å². The van der Waals surface area contributed by atoms with Crippen LogP contribution in [0.2, 0.25) is 0 Å². The Kier molecular flexibility index (Phi) is 5.72. The molecule has 0 radical (unpaired) electrons. The van der Waals surface area contributed by atoms with Crippen molar-refractivity contribution in [3.8, 4) is 0 Å². The monoisotopic (exact) mass is 447 g/mol. The minimum Gasteiger partial charge on any atom is -0.353 e. The molecule has 0 saturated carbocycles. The van der Waals surface area contributed by atoms with Crippen LogP contribution >= 0.6 is 0 Å². The number of para-hydroxylation sites is 1. The molecule has 11 heteroatoms. The third-order valence-corrected chi connectivity index (χ3v) is 5.46. The maximum Gasteiger partial charge on any atom is 0.417 e. The van der Waals surface area contributed by atoms with Gasteiger partial charge in [0.15, 0.2) is 0 Å². The smallest absolute Gasteiger partial charge is 0.353 e. The minimum absolute atomic E-state index is 0.190. The van der Waals surface area contributed by atoms with Crippen LogP contribution in [0.5, 0.6) is 0 Å². The van der Waals surface area contributed by atoms with Gasteiger partial charge >= 0.3 is 6.18 Å². The van der Waals surface area contributed by atoms with Gasteiger partial charge in [0, 0.05) is 32.4 Å². The van der Waals surface area contributed by atoms with Crippen molar-refractivity contribution in [3.63, 3.8) is 0 Å². The molecule has 1 aromatic heterocycles. The van der Waals surface area contributed by atoms with E-state index in [4.69, 9.17) is 0 Å². The standard InChI is InChI=1S/C21H20F3N5O3/c22-21(23,24)13-5-6-17(25-12-13)28-7-9-29(10-8-28)18(30)11-16-20(32)26-15-4-2-1-3-14(15)19(31)27-16/h1-6,12,16H,7-11H2,(H,26,32)(H,27,31)/t16-/m0/s1. The molecular weight excluding hydrogens is 427 g/mol. The number of piperazine rings is 1. The van der Waals surface area contributed by atoms with Crippen molar-refractivity contribution in [3.05, 3.63) is 53.7 Å². The zero-order valence-corrected chi connectivity index (χ0v) is 16.9. The van der Waals surface area contributed by atoms with E-state index < -0.39 is 29.6 Å². The predicted octanol–water partition coefficient (Wildman–Crippen LogP) is 1.89. The SMILES string of the molecule is O=C1N[C@@H](CC(=O)N2CCN(c3ccc(C(F)(F)F)cn3)CC2)C(=O)Nc2ccccc21. The van der Waals surface area contributed by atoms with Gasteiger partial charge in [-0.05, 0) is 24.3 Å². The first-order chi connectivity index (χ1) is 15.2. The van der Waals surface area contributed by atoms with Crippen LogP contribution in [0.15, 0.2) is 42.6 Å². The molecule has 2 N–H and O–H groups in total. The van der Waals surface area contributed by atoms with E-state index in [0.29, 0.717) is 43.2 Å². The normalized spacial score (nSPS) is 19.0. The molecule has 1 saturated heterocycles. The van der Waals surface area contributed by atoms with Crippen molar-refractivity contribution in [1.29, 1.82) is 0 Å². The molecule has 1 atom stereocenters. The van der Waals surface area contributed by atoms with Crippen molar-refractivity contribution in [2.45, 2.75) is 18.6 Å². The number of pyridine rings is 1. The number of aromatic nitrogens is 1. The number of fused-ring (bicyclic) bond motifs is 1. The summed E-state index contributed by atoms with van der Waals surface area (Å²) in [5, 5.41) is 5.26. The number of benzene rings is 1. The second-order valence-electron chi connectivity index (χ2n) is 7.54. The molecule has 168 valence electrons. The summed E-state index contributed by atoms with van der Waals surface area (Å²) in [6.45, 7) is 1.42. The van der Waals surface area contributed by atoms with Gasteiger partial charge in [-0.3, -0.25) is 14.4 Å². The highest BCUT2D eigenvalue weighted by atomic mass is 19.4. The van der Waals surface area contributed by atoms with E-state index in [1.807, 2.05) is 0 Å². The third kappa shape index (κ3) is 4.51. The average Bonchev–Trinajstić information content (AvgIpc) is 2.89. The van der Waals surface area contributed by atoms with Crippen LogP contribution in [0.25, 0.3) is 0 Å². The highest BCUT2D eigenvalue weighted by molar-refractivity contribution is 6.10. The van der Waals surface area contributed by atoms with Crippen LogP contribution in [-0.4, -0.2) is 59.8 Å². The van der Waals surface area contributed by atoms with Crippen LogP contribution < -0.4 is 15.5 Å². The van der Waals surface area contributed by atoms with Crippen molar-refractivity contribution in [2.75, 3.05) is 36.4 Å². The molecule has 2 aliphatic heterocycles. The number of carbonyl (C=O) groups is 3. The Hall–Kier alpha value is -3.63. The van der Waals surface area contributed by atoms with Crippen molar-refractivity contribution >= 4 is 29.2 Å². The van der Waals surface area contributed by atoms with E-state index in [1.54, 1.807) is 34.1 Å². The van der Waals surface area contributed by atoms with E-state index in [9.17, 15) is 27.6 Å². The molecule has 8 nitrogen and oxygen atoms in total. The van der Waals surface area contributed by atoms with Gasteiger partial charge in [0.1, 0.15) is 11.9 Å². The molecule has 2 aromatic rings. The quantitative estimate of drug-likeness (QED) is 0.750. The van der Waals surface area contributed by atoms with Gasteiger partial charge in [0.2, 0.25) is 11.8 Å². The number of nitrogens with zero attached hydrogens (tertiary/aromatic N) is 3. The lowest BCUT2D eigenvalue weighted by Crippen LogP contribution is -2.51. The Morgan fingerprint density at radius 1 is 1.06 bits per heavy atom. The molecule has 3 heterocycles. The Morgan fingerprint density at radius 2 is 1.78 bits per heavy atom. The first kappa shape index (κ1) is 21.6. The fourth-order valence-corrected chi connectivity index (χ4v) is 3.68. The molecule has 1 aromatic carbocycles. The average molecular weight is 447 g/mol. The summed E-state index contributed by atoms with van der Waals surface area (Å²) < 4.78 is 38.1. The molecular formula is C21H20F3N5O3. The van der Waals surface area contributed by atoms with Crippen LogP contribution in [-0.2, 0) is 15.8 Å². The molecule has 2 aliphatic rings. The van der Waals surface area contributed by atoms with Gasteiger partial charge < -0.3 is 20.4 Å². The number of rotatable bonds is 3. The zero-order chi connectivity index (χ0) is 22.9. The number of halogens is 3. The zero-order valence-electron chi connectivity index (χ0n) is 16.9. The fourth-order valence-electron chi connectivity index (χ4n) is 3.68. The Balaban J connectivity index is 1.34. The first-order valence-electron chi connectivity index (χ1n) is 9.99. The summed E-state index contributed by atoms with van der Waals surface area (Å²) in [7, 11) is 0. The predicted molar refractivity (Wildman–Crippen MR) is 109 cm³/mol. The highest BCUT2D eigenvalue weighted by Crippen LogP contribution is 2.29. The van der Waals surface area contributed by atoms with Gasteiger partial charge in [-0.15, -0.1) is 0 Å². The maximum atomic E-state index is 12.7. The lowest BCUT2D eigenvalue weighted by atomic mass is 10.1. The van der Waals surface area contributed by atoms with Crippen LogP contribution in [0.4, 0.5) is 24.7 Å².